The lowest BCUT2D eigenvalue weighted by Crippen LogP contribution is -2.08. The highest BCUT2D eigenvalue weighted by Gasteiger charge is 2.13. The molecule has 0 aliphatic carbocycles. The predicted molar refractivity (Wildman–Crippen MR) is 101 cm³/mol. The van der Waals surface area contributed by atoms with Crippen molar-refractivity contribution in [3.63, 3.8) is 0 Å². The van der Waals surface area contributed by atoms with Crippen molar-refractivity contribution in [2.24, 2.45) is 0 Å². The topological polar surface area (TPSA) is 65.2 Å². The van der Waals surface area contributed by atoms with Crippen molar-refractivity contribution in [1.82, 2.24) is 9.97 Å². The summed E-state index contributed by atoms with van der Waals surface area (Å²) in [7, 11) is 0. The monoisotopic (exact) mass is 382 g/mol. The first-order chi connectivity index (χ1) is 12.8. The lowest BCUT2D eigenvalue weighted by Gasteiger charge is -2.00. The number of thiazole rings is 1. The Labute approximate surface area is 157 Å². The molecule has 0 fully saturated rings. The molecule has 3 aromatic heterocycles. The van der Waals surface area contributed by atoms with E-state index in [1.807, 2.05) is 53.2 Å². The maximum absolute atomic E-state index is 12.0. The van der Waals surface area contributed by atoms with Gasteiger partial charge < -0.3 is 9.15 Å². The molecule has 0 aliphatic rings. The first-order valence-corrected chi connectivity index (χ1v) is 9.68. The number of esters is 1. The van der Waals surface area contributed by atoms with Gasteiger partial charge in [-0.1, -0.05) is 36.4 Å². The maximum atomic E-state index is 12.0. The molecule has 0 radical (unpaired) electrons. The van der Waals surface area contributed by atoms with Gasteiger partial charge in [-0.3, -0.25) is 4.79 Å². The molecule has 5 nitrogen and oxygen atoms in total. The molecule has 0 aliphatic heterocycles. The van der Waals surface area contributed by atoms with Crippen LogP contribution in [-0.2, 0) is 22.6 Å². The predicted octanol–water partition coefficient (Wildman–Crippen LogP) is 4.81. The summed E-state index contributed by atoms with van der Waals surface area (Å²) in [5.41, 5.74) is 1.64. The number of ether oxygens (including phenoxy) is 1. The fraction of sp³-hybridized carbons (Fsp3) is 0.105. The average Bonchev–Trinajstić information content (AvgIpc) is 3.41. The summed E-state index contributed by atoms with van der Waals surface area (Å²) in [6.07, 6.45) is 1.76. The van der Waals surface area contributed by atoms with Crippen molar-refractivity contribution in [1.29, 1.82) is 0 Å². The lowest BCUT2D eigenvalue weighted by molar-refractivity contribution is -0.144. The van der Waals surface area contributed by atoms with E-state index in [1.165, 1.54) is 11.3 Å². The molecule has 7 heteroatoms. The van der Waals surface area contributed by atoms with Crippen LogP contribution < -0.4 is 0 Å². The molecule has 0 saturated carbocycles. The second kappa shape index (κ2) is 7.63. The van der Waals surface area contributed by atoms with Crippen LogP contribution in [0, 0.1) is 0 Å². The SMILES string of the molecule is O=C(Cc1csc(-c2cccs2)n1)OCc1ncc(-c2ccccc2)o1. The minimum atomic E-state index is -0.354. The number of benzene rings is 1. The van der Waals surface area contributed by atoms with Gasteiger partial charge in [0.15, 0.2) is 12.4 Å². The minimum absolute atomic E-state index is 0.00753. The van der Waals surface area contributed by atoms with E-state index in [4.69, 9.17) is 9.15 Å². The van der Waals surface area contributed by atoms with Gasteiger partial charge in [-0.25, -0.2) is 9.97 Å². The molecule has 0 amide bonds. The van der Waals surface area contributed by atoms with Gasteiger partial charge in [0.1, 0.15) is 5.01 Å². The van der Waals surface area contributed by atoms with Crippen LogP contribution in [-0.4, -0.2) is 15.9 Å². The number of aromatic nitrogens is 2. The highest BCUT2D eigenvalue weighted by atomic mass is 32.1. The molecule has 4 rings (SSSR count). The van der Waals surface area contributed by atoms with E-state index < -0.39 is 0 Å². The van der Waals surface area contributed by atoms with Gasteiger partial charge in [0.05, 0.1) is 23.2 Å². The number of oxazole rings is 1. The Kier molecular flexibility index (Phi) is 4.90. The van der Waals surface area contributed by atoms with Gasteiger partial charge >= 0.3 is 5.97 Å². The van der Waals surface area contributed by atoms with Gasteiger partial charge in [0, 0.05) is 10.9 Å². The fourth-order valence-corrected chi connectivity index (χ4v) is 3.99. The van der Waals surface area contributed by atoms with Crippen LogP contribution >= 0.6 is 22.7 Å². The number of carbonyl (C=O) groups excluding carboxylic acids is 1. The Morgan fingerprint density at radius 2 is 2.00 bits per heavy atom. The average molecular weight is 382 g/mol. The third kappa shape index (κ3) is 3.89. The van der Waals surface area contributed by atoms with Gasteiger partial charge in [-0.15, -0.1) is 22.7 Å². The first kappa shape index (κ1) is 16.7. The number of hydrogen-bond acceptors (Lipinski definition) is 7. The van der Waals surface area contributed by atoms with E-state index in [9.17, 15) is 4.79 Å². The Morgan fingerprint density at radius 1 is 1.12 bits per heavy atom. The van der Waals surface area contributed by atoms with Crippen molar-refractivity contribution in [3.05, 3.63) is 71.0 Å². The maximum Gasteiger partial charge on any atom is 0.312 e. The lowest BCUT2D eigenvalue weighted by atomic mass is 10.2. The number of carbonyl (C=O) groups is 1. The van der Waals surface area contributed by atoms with Crippen LogP contribution in [0.1, 0.15) is 11.6 Å². The number of hydrogen-bond donors (Lipinski definition) is 0. The zero-order chi connectivity index (χ0) is 17.8. The number of nitrogens with zero attached hydrogens (tertiary/aromatic N) is 2. The summed E-state index contributed by atoms with van der Waals surface area (Å²) in [6.45, 7) is 0.00753. The normalized spacial score (nSPS) is 10.8. The third-order valence-electron chi connectivity index (χ3n) is 3.58. The molecule has 0 bridgehead atoms. The second-order valence-corrected chi connectivity index (χ2v) is 7.25. The molecule has 0 unspecified atom stereocenters. The molecule has 26 heavy (non-hydrogen) atoms. The van der Waals surface area contributed by atoms with Crippen LogP contribution in [0.15, 0.2) is 63.8 Å². The van der Waals surface area contributed by atoms with Crippen LogP contribution in [0.5, 0.6) is 0 Å². The zero-order valence-electron chi connectivity index (χ0n) is 13.6. The van der Waals surface area contributed by atoms with Gasteiger partial charge in [-0.2, -0.15) is 0 Å². The molecule has 130 valence electrons. The minimum Gasteiger partial charge on any atom is -0.455 e. The Hall–Kier alpha value is -2.77. The summed E-state index contributed by atoms with van der Waals surface area (Å²) < 4.78 is 10.9. The van der Waals surface area contributed by atoms with Crippen LogP contribution in [0.3, 0.4) is 0 Å². The quantitative estimate of drug-likeness (QED) is 0.448. The first-order valence-electron chi connectivity index (χ1n) is 7.92. The second-order valence-electron chi connectivity index (χ2n) is 5.44. The van der Waals surface area contributed by atoms with Gasteiger partial charge in [0.25, 0.3) is 0 Å². The largest absolute Gasteiger partial charge is 0.455 e. The molecule has 0 spiro atoms. The van der Waals surface area contributed by atoms with Crippen LogP contribution in [0.25, 0.3) is 21.2 Å². The van der Waals surface area contributed by atoms with E-state index in [2.05, 4.69) is 9.97 Å². The Balaban J connectivity index is 1.32. The van der Waals surface area contributed by atoms with E-state index in [0.717, 1.165) is 15.4 Å². The van der Waals surface area contributed by atoms with E-state index in [-0.39, 0.29) is 19.0 Å². The molecular formula is C19H14N2O3S2. The zero-order valence-corrected chi connectivity index (χ0v) is 15.3. The van der Waals surface area contributed by atoms with Crippen LogP contribution in [0.4, 0.5) is 0 Å². The number of thiophene rings is 1. The molecule has 1 aromatic carbocycles. The summed E-state index contributed by atoms with van der Waals surface area (Å²) in [4.78, 5) is 21.8. The molecular weight excluding hydrogens is 368 g/mol. The summed E-state index contributed by atoms with van der Waals surface area (Å²) in [5, 5.41) is 4.81. The summed E-state index contributed by atoms with van der Waals surface area (Å²) >= 11 is 3.15. The molecule has 0 N–H and O–H groups in total. The van der Waals surface area contributed by atoms with Crippen molar-refractivity contribution >= 4 is 28.6 Å². The standard InChI is InChI=1S/C19H14N2O3S2/c22-18(9-14-12-26-19(21-14)16-7-4-8-25-16)23-11-17-20-10-15(24-17)13-5-2-1-3-6-13/h1-8,10,12H,9,11H2. The fourth-order valence-electron chi connectivity index (χ4n) is 2.36. The summed E-state index contributed by atoms with van der Waals surface area (Å²) in [5.74, 6) is 0.666. The Bertz CT molecular complexity index is 991. The molecule has 0 atom stereocenters. The van der Waals surface area contributed by atoms with E-state index in [1.54, 1.807) is 17.5 Å². The van der Waals surface area contributed by atoms with E-state index in [0.29, 0.717) is 17.3 Å². The van der Waals surface area contributed by atoms with Gasteiger partial charge in [-0.05, 0) is 11.4 Å². The van der Waals surface area contributed by atoms with Gasteiger partial charge in [0.2, 0.25) is 5.89 Å². The third-order valence-corrected chi connectivity index (χ3v) is 5.51. The van der Waals surface area contributed by atoms with E-state index >= 15 is 0 Å². The van der Waals surface area contributed by atoms with Crippen molar-refractivity contribution in [2.45, 2.75) is 13.0 Å². The number of rotatable bonds is 6. The highest BCUT2D eigenvalue weighted by molar-refractivity contribution is 7.20. The van der Waals surface area contributed by atoms with Crippen molar-refractivity contribution in [2.75, 3.05) is 0 Å². The van der Waals surface area contributed by atoms with Crippen LogP contribution in [0.2, 0.25) is 0 Å². The van der Waals surface area contributed by atoms with Crippen molar-refractivity contribution in [3.8, 4) is 21.2 Å². The Morgan fingerprint density at radius 3 is 2.81 bits per heavy atom. The van der Waals surface area contributed by atoms with Crippen molar-refractivity contribution < 1.29 is 13.9 Å². The summed E-state index contributed by atoms with van der Waals surface area (Å²) in [6, 6.07) is 13.7. The highest BCUT2D eigenvalue weighted by Crippen LogP contribution is 2.28. The molecule has 4 aromatic rings. The molecule has 0 saturated heterocycles. The smallest absolute Gasteiger partial charge is 0.312 e. The molecule has 3 heterocycles.